The summed E-state index contributed by atoms with van der Waals surface area (Å²) in [5.74, 6) is -2.78. The highest BCUT2D eigenvalue weighted by atomic mass is 19.2. The van der Waals surface area contributed by atoms with E-state index in [4.69, 9.17) is 0 Å². The van der Waals surface area contributed by atoms with E-state index in [-0.39, 0.29) is 17.3 Å². The molecule has 30 heavy (non-hydrogen) atoms. The summed E-state index contributed by atoms with van der Waals surface area (Å²) in [6.07, 6.45) is 3.14. The van der Waals surface area contributed by atoms with E-state index in [1.54, 1.807) is 19.1 Å². The Labute approximate surface area is 172 Å². The summed E-state index contributed by atoms with van der Waals surface area (Å²) >= 11 is 0. The Balaban J connectivity index is 1.79. The molecule has 0 saturated carbocycles. The second kappa shape index (κ2) is 8.31. The molecule has 2 heterocycles. The van der Waals surface area contributed by atoms with Crippen molar-refractivity contribution in [3.8, 4) is 16.9 Å². The topological polar surface area (TPSA) is 50.2 Å². The normalized spacial score (nSPS) is 14.7. The van der Waals surface area contributed by atoms with Crippen LogP contribution in [0.2, 0.25) is 0 Å². The van der Waals surface area contributed by atoms with Gasteiger partial charge < -0.3 is 0 Å². The maximum Gasteiger partial charge on any atom is 0.286 e. The first-order chi connectivity index (χ1) is 14.4. The van der Waals surface area contributed by atoms with Crippen LogP contribution in [0, 0.1) is 24.4 Å². The number of nitrogens with zero attached hydrogens (tertiary/aromatic N) is 3. The lowest BCUT2D eigenvalue weighted by Gasteiger charge is -2.26. The monoisotopic (exact) mass is 414 g/mol. The minimum Gasteiger partial charge on any atom is -0.283 e. The zero-order valence-corrected chi connectivity index (χ0v) is 16.5. The molecule has 5 nitrogen and oxygen atoms in total. The van der Waals surface area contributed by atoms with Gasteiger partial charge in [-0.15, -0.1) is 0 Å². The fourth-order valence-electron chi connectivity index (χ4n) is 3.66. The van der Waals surface area contributed by atoms with Gasteiger partial charge in [-0.2, -0.15) is 5.10 Å². The summed E-state index contributed by atoms with van der Waals surface area (Å²) in [5, 5.41) is 6.27. The molecule has 1 aromatic heterocycles. The molecule has 0 unspecified atom stereocenters. The lowest BCUT2D eigenvalue weighted by atomic mass is 10.1. The summed E-state index contributed by atoms with van der Waals surface area (Å²) in [6, 6.07) is 9.11. The standard InChI is InChI=1S/C22H21F3N4O/c1-14-20(22(30)27-28-11-3-2-4-12-28)26-29(17-9-10-18(24)19(25)13-17)21(14)15-5-7-16(23)8-6-15/h5-10,13H,2-4,11-12H2,1H3,(H,27,30). The lowest BCUT2D eigenvalue weighted by molar-refractivity contribution is 0.0743. The number of hydrogen-bond donors (Lipinski definition) is 1. The molecule has 0 spiro atoms. The minimum absolute atomic E-state index is 0.171. The number of nitrogens with one attached hydrogen (secondary N) is 1. The molecule has 1 N–H and O–H groups in total. The third kappa shape index (κ3) is 3.95. The van der Waals surface area contributed by atoms with E-state index in [0.29, 0.717) is 16.8 Å². The predicted octanol–water partition coefficient (Wildman–Crippen LogP) is 4.40. The van der Waals surface area contributed by atoms with E-state index >= 15 is 0 Å². The molecule has 1 saturated heterocycles. The second-order valence-corrected chi connectivity index (χ2v) is 7.33. The molecule has 0 radical (unpaired) electrons. The van der Waals surface area contributed by atoms with Crippen molar-refractivity contribution >= 4 is 5.91 Å². The third-order valence-corrected chi connectivity index (χ3v) is 5.22. The summed E-state index contributed by atoms with van der Waals surface area (Å²) < 4.78 is 42.1. The van der Waals surface area contributed by atoms with Crippen molar-refractivity contribution in [3.63, 3.8) is 0 Å². The van der Waals surface area contributed by atoms with Gasteiger partial charge in [-0.1, -0.05) is 6.42 Å². The summed E-state index contributed by atoms with van der Waals surface area (Å²) in [5.41, 5.74) is 4.96. The van der Waals surface area contributed by atoms with Crippen LogP contribution in [0.25, 0.3) is 16.9 Å². The molecular formula is C22H21F3N4O. The van der Waals surface area contributed by atoms with Gasteiger partial charge in [0.15, 0.2) is 17.3 Å². The van der Waals surface area contributed by atoms with Crippen LogP contribution in [0.1, 0.15) is 35.3 Å². The Morgan fingerprint density at radius 2 is 1.67 bits per heavy atom. The molecule has 1 aliphatic rings. The molecule has 0 atom stereocenters. The van der Waals surface area contributed by atoms with Gasteiger partial charge in [-0.3, -0.25) is 10.2 Å². The van der Waals surface area contributed by atoms with Crippen molar-refractivity contribution in [3.05, 3.63) is 71.2 Å². The number of aromatic nitrogens is 2. The maximum absolute atomic E-state index is 13.9. The zero-order chi connectivity index (χ0) is 21.3. The predicted molar refractivity (Wildman–Crippen MR) is 107 cm³/mol. The number of halogens is 3. The van der Waals surface area contributed by atoms with Gasteiger partial charge >= 0.3 is 0 Å². The number of piperidine rings is 1. The van der Waals surface area contributed by atoms with E-state index in [1.807, 2.05) is 5.01 Å². The number of hydrogen-bond acceptors (Lipinski definition) is 3. The van der Waals surface area contributed by atoms with Crippen molar-refractivity contribution in [2.45, 2.75) is 26.2 Å². The minimum atomic E-state index is -1.02. The summed E-state index contributed by atoms with van der Waals surface area (Å²) in [7, 11) is 0. The fraction of sp³-hybridized carbons (Fsp3) is 0.273. The van der Waals surface area contributed by atoms with Gasteiger partial charge in [-0.05, 0) is 56.2 Å². The van der Waals surface area contributed by atoms with Crippen LogP contribution in [0.15, 0.2) is 42.5 Å². The van der Waals surface area contributed by atoms with E-state index in [0.717, 1.165) is 44.5 Å². The molecule has 8 heteroatoms. The van der Waals surface area contributed by atoms with Gasteiger partial charge in [0.25, 0.3) is 5.91 Å². The van der Waals surface area contributed by atoms with Crippen LogP contribution < -0.4 is 5.43 Å². The molecule has 1 fully saturated rings. The number of benzene rings is 2. The maximum atomic E-state index is 13.9. The van der Waals surface area contributed by atoms with Crippen molar-refractivity contribution in [1.82, 2.24) is 20.2 Å². The molecule has 2 aromatic carbocycles. The van der Waals surface area contributed by atoms with Gasteiger partial charge in [-0.25, -0.2) is 22.9 Å². The van der Waals surface area contributed by atoms with Gasteiger partial charge in [0.1, 0.15) is 5.82 Å². The first-order valence-corrected chi connectivity index (χ1v) is 9.81. The van der Waals surface area contributed by atoms with Crippen LogP contribution in [0.5, 0.6) is 0 Å². The van der Waals surface area contributed by atoms with Crippen molar-refractivity contribution in [1.29, 1.82) is 0 Å². The summed E-state index contributed by atoms with van der Waals surface area (Å²) in [6.45, 7) is 3.26. The molecular weight excluding hydrogens is 393 g/mol. The van der Waals surface area contributed by atoms with Gasteiger partial charge in [0, 0.05) is 30.3 Å². The highest BCUT2D eigenvalue weighted by molar-refractivity contribution is 5.95. The molecule has 4 rings (SSSR count). The quantitative estimate of drug-likeness (QED) is 0.689. The average Bonchev–Trinajstić information content (AvgIpc) is 3.09. The molecule has 1 amide bonds. The van der Waals surface area contributed by atoms with Crippen molar-refractivity contribution < 1.29 is 18.0 Å². The molecule has 3 aromatic rings. The Kier molecular flexibility index (Phi) is 5.59. The molecule has 156 valence electrons. The Morgan fingerprint density at radius 1 is 0.967 bits per heavy atom. The Bertz CT molecular complexity index is 1070. The lowest BCUT2D eigenvalue weighted by Crippen LogP contribution is -2.45. The molecule has 1 aliphatic heterocycles. The zero-order valence-electron chi connectivity index (χ0n) is 16.5. The van der Waals surface area contributed by atoms with E-state index in [9.17, 15) is 18.0 Å². The van der Waals surface area contributed by atoms with Crippen LogP contribution in [0.3, 0.4) is 0 Å². The Morgan fingerprint density at radius 3 is 2.33 bits per heavy atom. The van der Waals surface area contributed by atoms with Crippen LogP contribution in [-0.4, -0.2) is 33.8 Å². The van der Waals surface area contributed by atoms with E-state index in [2.05, 4.69) is 10.5 Å². The number of carbonyl (C=O) groups excluding carboxylic acids is 1. The highest BCUT2D eigenvalue weighted by Gasteiger charge is 2.24. The van der Waals surface area contributed by atoms with E-state index in [1.165, 1.54) is 22.9 Å². The smallest absolute Gasteiger partial charge is 0.283 e. The summed E-state index contributed by atoms with van der Waals surface area (Å²) in [4.78, 5) is 12.9. The van der Waals surface area contributed by atoms with Crippen LogP contribution in [-0.2, 0) is 0 Å². The largest absolute Gasteiger partial charge is 0.286 e. The average molecular weight is 414 g/mol. The number of rotatable bonds is 4. The molecule has 0 aliphatic carbocycles. The fourth-order valence-corrected chi connectivity index (χ4v) is 3.66. The van der Waals surface area contributed by atoms with Crippen molar-refractivity contribution in [2.24, 2.45) is 0 Å². The number of carbonyl (C=O) groups is 1. The van der Waals surface area contributed by atoms with E-state index < -0.39 is 17.5 Å². The number of hydrazine groups is 1. The third-order valence-electron chi connectivity index (χ3n) is 5.22. The Hall–Kier alpha value is -3.13. The van der Waals surface area contributed by atoms with Crippen LogP contribution >= 0.6 is 0 Å². The highest BCUT2D eigenvalue weighted by Crippen LogP contribution is 2.29. The van der Waals surface area contributed by atoms with Crippen LogP contribution in [0.4, 0.5) is 13.2 Å². The van der Waals surface area contributed by atoms with Gasteiger partial charge in [0.05, 0.1) is 11.4 Å². The molecule has 0 bridgehead atoms. The first kappa shape index (κ1) is 20.2. The first-order valence-electron chi connectivity index (χ1n) is 9.81. The second-order valence-electron chi connectivity index (χ2n) is 7.33. The number of amides is 1. The SMILES string of the molecule is Cc1c(C(=O)NN2CCCCC2)nn(-c2ccc(F)c(F)c2)c1-c1ccc(F)cc1. The van der Waals surface area contributed by atoms with Gasteiger partial charge in [0.2, 0.25) is 0 Å². The van der Waals surface area contributed by atoms with Crippen molar-refractivity contribution in [2.75, 3.05) is 13.1 Å².